The SMILES string of the molecule is Cn1cc(NC(=O)C(NC(=O)OCC2c3ccccc3-c3ccccc32)C2CC2)c(C(=O)O)n1. The van der Waals surface area contributed by atoms with Gasteiger partial charge in [0.2, 0.25) is 5.91 Å². The number of hydrogen-bond donors (Lipinski definition) is 3. The molecule has 1 unspecified atom stereocenters. The second-order valence-electron chi connectivity index (χ2n) is 8.64. The molecule has 1 saturated carbocycles. The Balaban J connectivity index is 1.26. The Kier molecular flexibility index (Phi) is 5.53. The van der Waals surface area contributed by atoms with Gasteiger partial charge in [0.05, 0.1) is 5.69 Å². The number of carboxylic acid groups (broad SMARTS) is 1. The average molecular weight is 460 g/mol. The van der Waals surface area contributed by atoms with E-state index in [0.29, 0.717) is 0 Å². The van der Waals surface area contributed by atoms with Crippen molar-refractivity contribution in [3.8, 4) is 11.1 Å². The normalized spacial score (nSPS) is 15.2. The molecule has 9 nitrogen and oxygen atoms in total. The Hall–Kier alpha value is -4.14. The summed E-state index contributed by atoms with van der Waals surface area (Å²) in [6, 6.07) is 15.3. The standard InChI is InChI=1S/C25H24N4O5/c1-29-12-20(22(28-29)24(31)32)26-23(30)21(14-10-11-14)27-25(33)34-13-19-17-8-4-2-6-15(17)16-7-3-5-9-18(16)19/h2-9,12,14,19,21H,10-11,13H2,1H3,(H,26,30)(H,27,33)(H,31,32). The first-order valence-corrected chi connectivity index (χ1v) is 11.1. The van der Waals surface area contributed by atoms with Crippen molar-refractivity contribution < 1.29 is 24.2 Å². The van der Waals surface area contributed by atoms with E-state index in [-0.39, 0.29) is 29.8 Å². The molecule has 1 atom stereocenters. The number of aromatic carboxylic acids is 1. The van der Waals surface area contributed by atoms with E-state index < -0.39 is 24.0 Å². The van der Waals surface area contributed by atoms with Crippen LogP contribution >= 0.6 is 0 Å². The van der Waals surface area contributed by atoms with Crippen molar-refractivity contribution in [1.29, 1.82) is 0 Å². The summed E-state index contributed by atoms with van der Waals surface area (Å²) in [5.74, 6) is -1.85. The molecule has 3 N–H and O–H groups in total. The fraction of sp³-hybridized carbons (Fsp3) is 0.280. The van der Waals surface area contributed by atoms with Crippen LogP contribution in [0.25, 0.3) is 11.1 Å². The van der Waals surface area contributed by atoms with Crippen molar-refractivity contribution in [2.45, 2.75) is 24.8 Å². The lowest BCUT2D eigenvalue weighted by atomic mass is 9.98. The lowest BCUT2D eigenvalue weighted by Gasteiger charge is -2.19. The largest absolute Gasteiger partial charge is 0.476 e. The van der Waals surface area contributed by atoms with E-state index >= 15 is 0 Å². The van der Waals surface area contributed by atoms with Crippen LogP contribution in [0, 0.1) is 5.92 Å². The Morgan fingerprint density at radius 3 is 2.29 bits per heavy atom. The van der Waals surface area contributed by atoms with Crippen LogP contribution in [0.2, 0.25) is 0 Å². The highest BCUT2D eigenvalue weighted by Gasteiger charge is 2.38. The number of benzene rings is 2. The predicted molar refractivity (Wildman–Crippen MR) is 124 cm³/mol. The van der Waals surface area contributed by atoms with E-state index in [2.05, 4.69) is 27.9 Å². The highest BCUT2D eigenvalue weighted by molar-refractivity contribution is 6.02. The number of nitrogens with one attached hydrogen (secondary N) is 2. The number of alkyl carbamates (subject to hydrolysis) is 1. The van der Waals surface area contributed by atoms with Crippen molar-refractivity contribution >= 4 is 23.7 Å². The molecule has 1 fully saturated rings. The first kappa shape index (κ1) is 21.7. The number of fused-ring (bicyclic) bond motifs is 3. The molecule has 0 aliphatic heterocycles. The van der Waals surface area contributed by atoms with E-state index in [1.807, 2.05) is 36.4 Å². The summed E-state index contributed by atoms with van der Waals surface area (Å²) >= 11 is 0. The second kappa shape index (κ2) is 8.66. The van der Waals surface area contributed by atoms with Crippen molar-refractivity contribution in [2.24, 2.45) is 13.0 Å². The van der Waals surface area contributed by atoms with Gasteiger partial charge in [-0.2, -0.15) is 5.10 Å². The van der Waals surface area contributed by atoms with Gasteiger partial charge in [0.15, 0.2) is 5.69 Å². The van der Waals surface area contributed by atoms with Crippen molar-refractivity contribution in [3.63, 3.8) is 0 Å². The molecule has 5 rings (SSSR count). The third-order valence-electron chi connectivity index (χ3n) is 6.28. The molecule has 1 heterocycles. The van der Waals surface area contributed by atoms with E-state index in [1.165, 1.54) is 10.9 Å². The van der Waals surface area contributed by atoms with Gasteiger partial charge in [0.1, 0.15) is 12.6 Å². The van der Waals surface area contributed by atoms with Gasteiger partial charge in [-0.25, -0.2) is 9.59 Å². The average Bonchev–Trinajstić information content (AvgIpc) is 3.52. The number of carbonyl (C=O) groups is 3. The molecule has 0 spiro atoms. The molecule has 2 aliphatic carbocycles. The van der Waals surface area contributed by atoms with Crippen LogP contribution in [-0.2, 0) is 16.6 Å². The molecule has 2 amide bonds. The fourth-order valence-corrected chi connectivity index (χ4v) is 4.54. The van der Waals surface area contributed by atoms with Gasteiger partial charge >= 0.3 is 12.1 Å². The van der Waals surface area contributed by atoms with Gasteiger partial charge in [-0.15, -0.1) is 0 Å². The molecular weight excluding hydrogens is 436 g/mol. The van der Waals surface area contributed by atoms with Crippen molar-refractivity contribution in [2.75, 3.05) is 11.9 Å². The smallest absolute Gasteiger partial charge is 0.407 e. The Morgan fingerprint density at radius 2 is 1.71 bits per heavy atom. The van der Waals surface area contributed by atoms with Gasteiger partial charge in [-0.05, 0) is 41.0 Å². The molecule has 3 aromatic rings. The number of nitrogens with zero attached hydrogens (tertiary/aromatic N) is 2. The zero-order valence-corrected chi connectivity index (χ0v) is 18.5. The third kappa shape index (κ3) is 4.12. The molecule has 0 bridgehead atoms. The van der Waals surface area contributed by atoms with Gasteiger partial charge in [0.25, 0.3) is 0 Å². The van der Waals surface area contributed by atoms with E-state index in [1.54, 1.807) is 7.05 Å². The second-order valence-corrected chi connectivity index (χ2v) is 8.64. The Labute approximate surface area is 195 Å². The number of ether oxygens (including phenoxy) is 1. The summed E-state index contributed by atoms with van der Waals surface area (Å²) in [4.78, 5) is 36.9. The number of amides is 2. The molecule has 0 radical (unpaired) electrons. The molecular formula is C25H24N4O5. The van der Waals surface area contributed by atoms with E-state index in [9.17, 15) is 19.5 Å². The van der Waals surface area contributed by atoms with Gasteiger partial charge in [0, 0.05) is 19.2 Å². The summed E-state index contributed by atoms with van der Waals surface area (Å²) in [7, 11) is 1.56. The lowest BCUT2D eigenvalue weighted by molar-refractivity contribution is -0.118. The molecule has 0 saturated heterocycles. The zero-order valence-electron chi connectivity index (χ0n) is 18.5. The highest BCUT2D eigenvalue weighted by Crippen LogP contribution is 2.44. The minimum Gasteiger partial charge on any atom is -0.476 e. The number of rotatable bonds is 7. The quantitative estimate of drug-likeness (QED) is 0.497. The highest BCUT2D eigenvalue weighted by atomic mass is 16.5. The van der Waals surface area contributed by atoms with Crippen LogP contribution in [0.3, 0.4) is 0 Å². The summed E-state index contributed by atoms with van der Waals surface area (Å²) in [5.41, 5.74) is 4.30. The monoisotopic (exact) mass is 460 g/mol. The minimum absolute atomic E-state index is 0.0227. The summed E-state index contributed by atoms with van der Waals surface area (Å²) < 4.78 is 6.88. The number of carboxylic acids is 1. The predicted octanol–water partition coefficient (Wildman–Crippen LogP) is 3.37. The van der Waals surface area contributed by atoms with Crippen LogP contribution in [-0.4, -0.2) is 45.5 Å². The molecule has 2 aromatic carbocycles. The Bertz CT molecular complexity index is 1230. The first-order valence-electron chi connectivity index (χ1n) is 11.1. The van der Waals surface area contributed by atoms with Gasteiger partial charge in [-0.3, -0.25) is 9.48 Å². The van der Waals surface area contributed by atoms with Crippen LogP contribution in [0.1, 0.15) is 40.4 Å². The minimum atomic E-state index is -1.25. The summed E-state index contributed by atoms with van der Waals surface area (Å²) in [6.07, 6.45) is 2.32. The van der Waals surface area contributed by atoms with Crippen LogP contribution in [0.15, 0.2) is 54.7 Å². The maximum Gasteiger partial charge on any atom is 0.407 e. The van der Waals surface area contributed by atoms with Crippen LogP contribution in [0.5, 0.6) is 0 Å². The number of carbonyl (C=O) groups excluding carboxylic acids is 2. The molecule has 1 aromatic heterocycles. The maximum absolute atomic E-state index is 12.9. The number of anilines is 1. The molecule has 9 heteroatoms. The zero-order chi connectivity index (χ0) is 23.8. The topological polar surface area (TPSA) is 123 Å². The molecule has 34 heavy (non-hydrogen) atoms. The lowest BCUT2D eigenvalue weighted by Crippen LogP contribution is -2.45. The van der Waals surface area contributed by atoms with E-state index in [4.69, 9.17) is 4.74 Å². The Morgan fingerprint density at radius 1 is 1.09 bits per heavy atom. The summed E-state index contributed by atoms with van der Waals surface area (Å²) in [5, 5.41) is 18.4. The maximum atomic E-state index is 12.9. The third-order valence-corrected chi connectivity index (χ3v) is 6.28. The van der Waals surface area contributed by atoms with E-state index in [0.717, 1.165) is 35.1 Å². The molecule has 2 aliphatic rings. The molecule has 174 valence electrons. The number of aromatic nitrogens is 2. The van der Waals surface area contributed by atoms with Crippen molar-refractivity contribution in [3.05, 3.63) is 71.5 Å². The number of hydrogen-bond acceptors (Lipinski definition) is 5. The number of aryl methyl sites for hydroxylation is 1. The first-order chi connectivity index (χ1) is 16.4. The fourth-order valence-electron chi connectivity index (χ4n) is 4.54. The van der Waals surface area contributed by atoms with Crippen molar-refractivity contribution in [1.82, 2.24) is 15.1 Å². The van der Waals surface area contributed by atoms with Crippen LogP contribution < -0.4 is 10.6 Å². The van der Waals surface area contributed by atoms with Crippen LogP contribution in [0.4, 0.5) is 10.5 Å². The summed E-state index contributed by atoms with van der Waals surface area (Å²) in [6.45, 7) is 0.143. The van der Waals surface area contributed by atoms with Gasteiger partial charge in [-0.1, -0.05) is 48.5 Å². The van der Waals surface area contributed by atoms with Gasteiger partial charge < -0.3 is 20.5 Å².